The molecule has 25 heavy (non-hydrogen) atoms. The number of aromatic nitrogens is 3. The van der Waals surface area contributed by atoms with E-state index >= 15 is 0 Å². The molecule has 0 unspecified atom stereocenters. The van der Waals surface area contributed by atoms with E-state index in [-0.39, 0.29) is 5.54 Å². The molecule has 2 aromatic heterocycles. The minimum absolute atomic E-state index is 0.216. The smallest absolute Gasteiger partial charge is 0.227 e. The Morgan fingerprint density at radius 2 is 2.12 bits per heavy atom. The average Bonchev–Trinajstić information content (AvgIpc) is 3.02. The first kappa shape index (κ1) is 15.4. The quantitative estimate of drug-likeness (QED) is 0.908. The summed E-state index contributed by atoms with van der Waals surface area (Å²) in [6.45, 7) is 4.23. The maximum absolute atomic E-state index is 4.92. The first-order chi connectivity index (χ1) is 12.2. The summed E-state index contributed by atoms with van der Waals surface area (Å²) in [6, 6.07) is 6.16. The lowest BCUT2D eigenvalue weighted by molar-refractivity contribution is 0.305. The maximum Gasteiger partial charge on any atom is 0.227 e. The number of anilines is 2. The highest BCUT2D eigenvalue weighted by molar-refractivity contribution is 7.99. The predicted octanol–water partition coefficient (Wildman–Crippen LogP) is 3.48. The zero-order chi connectivity index (χ0) is 16.9. The van der Waals surface area contributed by atoms with Crippen LogP contribution in [0.4, 0.5) is 11.8 Å². The Morgan fingerprint density at radius 1 is 1.24 bits per heavy atom. The monoisotopic (exact) mass is 353 g/mol. The van der Waals surface area contributed by atoms with Crippen LogP contribution in [0.2, 0.25) is 0 Å². The van der Waals surface area contributed by atoms with E-state index in [2.05, 4.69) is 34.3 Å². The number of hydrogen-bond donors (Lipinski definition) is 1. The lowest BCUT2D eigenvalue weighted by atomic mass is 9.78. The van der Waals surface area contributed by atoms with Gasteiger partial charge in [-0.15, -0.1) is 11.8 Å². The van der Waals surface area contributed by atoms with Crippen molar-refractivity contribution in [2.24, 2.45) is 0 Å². The van der Waals surface area contributed by atoms with E-state index in [1.807, 2.05) is 24.0 Å². The van der Waals surface area contributed by atoms with Crippen LogP contribution in [0.1, 0.15) is 43.5 Å². The van der Waals surface area contributed by atoms with Crippen LogP contribution in [0.25, 0.3) is 0 Å². The topological polar surface area (TPSA) is 53.9 Å². The normalized spacial score (nSPS) is 21.4. The van der Waals surface area contributed by atoms with E-state index in [1.54, 1.807) is 0 Å². The van der Waals surface area contributed by atoms with E-state index in [1.165, 1.54) is 35.5 Å². The van der Waals surface area contributed by atoms with E-state index < -0.39 is 0 Å². The fourth-order valence-corrected chi connectivity index (χ4v) is 4.89. The Bertz CT molecular complexity index is 784. The molecule has 0 aromatic carbocycles. The molecule has 1 saturated heterocycles. The van der Waals surface area contributed by atoms with Crippen LogP contribution >= 0.6 is 11.8 Å². The SMILES string of the molecule is CC1(Nc2nc(N3CC(c4ccccn4)C3)nc3c2SCC3)CCC1. The molecular weight excluding hydrogens is 330 g/mol. The van der Waals surface area contributed by atoms with Crippen molar-refractivity contribution in [2.45, 2.75) is 49.0 Å². The van der Waals surface area contributed by atoms with Gasteiger partial charge < -0.3 is 10.2 Å². The zero-order valence-corrected chi connectivity index (χ0v) is 15.4. The number of hydrogen-bond acceptors (Lipinski definition) is 6. The molecule has 2 aromatic rings. The van der Waals surface area contributed by atoms with Crippen LogP contribution in [-0.2, 0) is 6.42 Å². The van der Waals surface area contributed by atoms with Gasteiger partial charge in [0.15, 0.2) is 0 Å². The molecule has 0 bridgehead atoms. The summed E-state index contributed by atoms with van der Waals surface area (Å²) >= 11 is 1.90. The van der Waals surface area contributed by atoms with Crippen LogP contribution in [0, 0.1) is 0 Å². The van der Waals surface area contributed by atoms with Gasteiger partial charge in [-0.2, -0.15) is 4.98 Å². The zero-order valence-electron chi connectivity index (χ0n) is 14.5. The second-order valence-electron chi connectivity index (χ2n) is 7.64. The lowest BCUT2D eigenvalue weighted by Crippen LogP contribution is -2.47. The second-order valence-corrected chi connectivity index (χ2v) is 8.75. The molecule has 0 atom stereocenters. The molecule has 4 heterocycles. The van der Waals surface area contributed by atoms with Gasteiger partial charge in [-0.25, -0.2) is 4.98 Å². The molecule has 5 rings (SSSR count). The highest BCUT2D eigenvalue weighted by atomic mass is 32.2. The molecule has 1 aliphatic carbocycles. The van der Waals surface area contributed by atoms with Crippen LogP contribution in [0.3, 0.4) is 0 Å². The molecule has 0 spiro atoms. The number of thioether (sulfide) groups is 1. The third kappa shape index (κ3) is 2.76. The number of pyridine rings is 1. The van der Waals surface area contributed by atoms with E-state index in [9.17, 15) is 0 Å². The fraction of sp³-hybridized carbons (Fsp3) is 0.526. The Balaban J connectivity index is 1.37. The molecule has 130 valence electrons. The van der Waals surface area contributed by atoms with Crippen LogP contribution in [-0.4, -0.2) is 39.3 Å². The van der Waals surface area contributed by atoms with Crippen molar-refractivity contribution < 1.29 is 0 Å². The summed E-state index contributed by atoms with van der Waals surface area (Å²) < 4.78 is 0. The molecule has 2 aliphatic heterocycles. The maximum atomic E-state index is 4.92. The van der Waals surface area contributed by atoms with Crippen molar-refractivity contribution in [3.8, 4) is 0 Å². The van der Waals surface area contributed by atoms with Gasteiger partial charge in [-0.3, -0.25) is 4.98 Å². The third-order valence-corrected chi connectivity index (χ3v) is 6.78. The van der Waals surface area contributed by atoms with E-state index in [4.69, 9.17) is 9.97 Å². The van der Waals surface area contributed by atoms with Crippen LogP contribution in [0.15, 0.2) is 29.3 Å². The summed E-state index contributed by atoms with van der Waals surface area (Å²) in [5.74, 6) is 3.56. The Kier molecular flexibility index (Phi) is 3.62. The number of fused-ring (bicyclic) bond motifs is 1. The minimum Gasteiger partial charge on any atom is -0.364 e. The molecule has 5 nitrogen and oxygen atoms in total. The summed E-state index contributed by atoms with van der Waals surface area (Å²) in [5, 5.41) is 3.73. The third-order valence-electron chi connectivity index (χ3n) is 5.66. The summed E-state index contributed by atoms with van der Waals surface area (Å²) in [6.07, 6.45) is 6.71. The molecule has 1 saturated carbocycles. The molecule has 6 heteroatoms. The second kappa shape index (κ2) is 5.87. The van der Waals surface area contributed by atoms with Gasteiger partial charge in [-0.1, -0.05) is 6.07 Å². The average molecular weight is 353 g/mol. The first-order valence-electron chi connectivity index (χ1n) is 9.18. The fourth-order valence-electron chi connectivity index (χ4n) is 3.85. The van der Waals surface area contributed by atoms with Crippen molar-refractivity contribution >= 4 is 23.5 Å². The summed E-state index contributed by atoms with van der Waals surface area (Å²) in [5.41, 5.74) is 2.62. The standard InChI is InChI=1S/C19H23N5S/c1-19(7-4-8-19)23-17-16-15(6-10-25-16)21-18(22-17)24-11-13(12-24)14-5-2-3-9-20-14/h2-3,5,9,13H,4,6-8,10-12H2,1H3,(H,21,22,23). The molecule has 0 amide bonds. The Morgan fingerprint density at radius 3 is 2.84 bits per heavy atom. The molecule has 0 radical (unpaired) electrons. The van der Waals surface area contributed by atoms with Crippen molar-refractivity contribution in [1.82, 2.24) is 15.0 Å². The largest absolute Gasteiger partial charge is 0.364 e. The van der Waals surface area contributed by atoms with Crippen molar-refractivity contribution in [3.05, 3.63) is 35.8 Å². The predicted molar refractivity (Wildman–Crippen MR) is 102 cm³/mol. The number of nitrogens with one attached hydrogen (secondary N) is 1. The summed E-state index contributed by atoms with van der Waals surface area (Å²) in [7, 11) is 0. The first-order valence-corrected chi connectivity index (χ1v) is 10.2. The van der Waals surface area contributed by atoms with Crippen LogP contribution < -0.4 is 10.2 Å². The molecular formula is C19H23N5S. The van der Waals surface area contributed by atoms with Gasteiger partial charge in [0.2, 0.25) is 5.95 Å². The Labute approximate surface area is 152 Å². The van der Waals surface area contributed by atoms with Gasteiger partial charge in [0.1, 0.15) is 5.82 Å². The number of aryl methyl sites for hydroxylation is 1. The molecule has 1 N–H and O–H groups in total. The molecule has 3 aliphatic rings. The Hall–Kier alpha value is -1.82. The number of nitrogens with zero attached hydrogens (tertiary/aromatic N) is 4. The van der Waals surface area contributed by atoms with Crippen LogP contribution in [0.5, 0.6) is 0 Å². The van der Waals surface area contributed by atoms with E-state index in [0.29, 0.717) is 5.92 Å². The summed E-state index contributed by atoms with van der Waals surface area (Å²) in [4.78, 5) is 17.8. The highest BCUT2D eigenvalue weighted by Gasteiger charge is 2.36. The van der Waals surface area contributed by atoms with Gasteiger partial charge in [-0.05, 0) is 38.3 Å². The van der Waals surface area contributed by atoms with Crippen molar-refractivity contribution in [1.29, 1.82) is 0 Å². The minimum atomic E-state index is 0.216. The van der Waals surface area contributed by atoms with Crippen molar-refractivity contribution in [3.63, 3.8) is 0 Å². The molecule has 2 fully saturated rings. The highest BCUT2D eigenvalue weighted by Crippen LogP contribution is 2.42. The van der Waals surface area contributed by atoms with E-state index in [0.717, 1.165) is 37.0 Å². The van der Waals surface area contributed by atoms with Gasteiger partial charge in [0.05, 0.1) is 10.6 Å². The van der Waals surface area contributed by atoms with Gasteiger partial charge >= 0.3 is 0 Å². The van der Waals surface area contributed by atoms with Gasteiger partial charge in [0, 0.05) is 48.6 Å². The van der Waals surface area contributed by atoms with Crippen molar-refractivity contribution in [2.75, 3.05) is 29.1 Å². The number of rotatable bonds is 4. The lowest BCUT2D eigenvalue weighted by Gasteiger charge is -2.41. The van der Waals surface area contributed by atoms with Gasteiger partial charge in [0.25, 0.3) is 0 Å².